The van der Waals surface area contributed by atoms with Crippen molar-refractivity contribution in [1.29, 1.82) is 0 Å². The van der Waals surface area contributed by atoms with Gasteiger partial charge < -0.3 is 0 Å². The molecule has 0 radical (unpaired) electrons. The van der Waals surface area contributed by atoms with E-state index in [2.05, 4.69) is 44.6 Å². The van der Waals surface area contributed by atoms with Crippen LogP contribution in [0.15, 0.2) is 18.2 Å². The molecule has 0 atom stereocenters. The topological polar surface area (TPSA) is 17.1 Å². The highest BCUT2D eigenvalue weighted by molar-refractivity contribution is 14.1. The third kappa shape index (κ3) is 3.38. The Bertz CT molecular complexity index is 323. The first-order valence-electron chi connectivity index (χ1n) is 3.96. The Balaban J connectivity index is 2.83. The van der Waals surface area contributed by atoms with Gasteiger partial charge in [0.25, 0.3) is 0 Å². The Morgan fingerprint density at radius 3 is 2.77 bits per heavy atom. The van der Waals surface area contributed by atoms with Crippen molar-refractivity contribution in [2.45, 2.75) is 13.3 Å². The maximum absolute atomic E-state index is 11.2. The van der Waals surface area contributed by atoms with E-state index < -0.39 is 0 Å². The van der Waals surface area contributed by atoms with Crippen molar-refractivity contribution in [2.24, 2.45) is 0 Å². The zero-order valence-corrected chi connectivity index (χ0v) is 11.1. The molecule has 0 saturated heterocycles. The van der Waals surface area contributed by atoms with Crippen molar-refractivity contribution in [1.82, 2.24) is 0 Å². The molecule has 0 aliphatic carbocycles. The Morgan fingerprint density at radius 2 is 2.23 bits per heavy atom. The van der Waals surface area contributed by atoms with E-state index in [1.54, 1.807) is 0 Å². The lowest BCUT2D eigenvalue weighted by molar-refractivity contribution is -0.115. The fraction of sp³-hybridized carbons (Fsp3) is 0.300. The number of hydrogen-bond donors (Lipinski definition) is 0. The summed E-state index contributed by atoms with van der Waals surface area (Å²) in [5.74, 6) is 0.226. The summed E-state index contributed by atoms with van der Waals surface area (Å²) in [7, 11) is 0. The maximum Gasteiger partial charge on any atom is 0.147 e. The van der Waals surface area contributed by atoms with Crippen molar-refractivity contribution in [3.63, 3.8) is 0 Å². The number of rotatable bonds is 3. The van der Waals surface area contributed by atoms with E-state index in [0.717, 1.165) is 5.56 Å². The molecule has 3 heteroatoms. The van der Waals surface area contributed by atoms with E-state index in [1.807, 2.05) is 19.1 Å². The predicted molar refractivity (Wildman–Crippen MR) is 66.4 cm³/mol. The third-order valence-electron chi connectivity index (χ3n) is 1.84. The van der Waals surface area contributed by atoms with Gasteiger partial charge >= 0.3 is 0 Å². The largest absolute Gasteiger partial charge is 0.298 e. The predicted octanol–water partition coefficient (Wildman–Crippen LogP) is 3.11. The minimum atomic E-state index is 0.226. The number of aryl methyl sites for hydroxylation is 1. The molecule has 70 valence electrons. The van der Waals surface area contributed by atoms with Crippen LogP contribution in [0.5, 0.6) is 0 Å². The first kappa shape index (κ1) is 11.2. The van der Waals surface area contributed by atoms with Crippen LogP contribution < -0.4 is 0 Å². The summed E-state index contributed by atoms with van der Waals surface area (Å²) in [5.41, 5.74) is 2.33. The first-order valence-corrected chi connectivity index (χ1v) is 6.16. The van der Waals surface area contributed by atoms with Crippen molar-refractivity contribution in [3.8, 4) is 0 Å². The maximum atomic E-state index is 11.2. The monoisotopic (exact) mass is 352 g/mol. The van der Waals surface area contributed by atoms with Gasteiger partial charge in [-0.3, -0.25) is 4.79 Å². The second-order valence-electron chi connectivity index (χ2n) is 2.92. The number of carbonyl (C=O) groups is 1. The summed E-state index contributed by atoms with van der Waals surface area (Å²) in [6, 6.07) is 6.15. The SMILES string of the molecule is Cc1cc(I)ccc1CC(=O)CBr. The summed E-state index contributed by atoms with van der Waals surface area (Å²) in [5, 5.41) is 0.443. The molecule has 0 heterocycles. The highest BCUT2D eigenvalue weighted by Gasteiger charge is 2.04. The lowest BCUT2D eigenvalue weighted by atomic mass is 10.0. The molecule has 1 aromatic rings. The highest BCUT2D eigenvalue weighted by Crippen LogP contribution is 2.13. The molecule has 0 aromatic heterocycles. The standard InChI is InChI=1S/C10H10BrIO/c1-7-4-9(12)3-2-8(7)5-10(13)6-11/h2-4H,5-6H2,1H3. The van der Waals surface area contributed by atoms with Gasteiger partial charge in [-0.15, -0.1) is 0 Å². The second kappa shape index (κ2) is 5.10. The summed E-state index contributed by atoms with van der Waals surface area (Å²) in [4.78, 5) is 11.2. The minimum Gasteiger partial charge on any atom is -0.298 e. The van der Waals surface area contributed by atoms with Gasteiger partial charge in [-0.2, -0.15) is 0 Å². The molecular weight excluding hydrogens is 343 g/mol. The molecule has 0 amide bonds. The summed E-state index contributed by atoms with van der Waals surface area (Å²) in [6.45, 7) is 2.04. The van der Waals surface area contributed by atoms with Gasteiger partial charge in [0, 0.05) is 9.99 Å². The van der Waals surface area contributed by atoms with Crippen LogP contribution in [0.25, 0.3) is 0 Å². The van der Waals surface area contributed by atoms with Gasteiger partial charge in [-0.1, -0.05) is 22.0 Å². The van der Waals surface area contributed by atoms with Gasteiger partial charge in [-0.05, 0) is 52.8 Å². The Labute approximate surface area is 100 Å². The number of ketones is 1. The van der Waals surface area contributed by atoms with Crippen molar-refractivity contribution in [2.75, 3.05) is 5.33 Å². The lowest BCUT2D eigenvalue weighted by Gasteiger charge is -2.03. The van der Waals surface area contributed by atoms with E-state index >= 15 is 0 Å². The molecule has 0 saturated carbocycles. The molecular formula is C10H10BrIO. The second-order valence-corrected chi connectivity index (χ2v) is 4.73. The van der Waals surface area contributed by atoms with Crippen LogP contribution in [0, 0.1) is 10.5 Å². The van der Waals surface area contributed by atoms with Crippen molar-refractivity contribution >= 4 is 44.3 Å². The van der Waals surface area contributed by atoms with Crippen LogP contribution >= 0.6 is 38.5 Å². The first-order chi connectivity index (χ1) is 6.13. The van der Waals surface area contributed by atoms with Gasteiger partial charge in [0.15, 0.2) is 0 Å². The third-order valence-corrected chi connectivity index (χ3v) is 3.14. The average molecular weight is 353 g/mol. The van der Waals surface area contributed by atoms with Crippen LogP contribution in [0.4, 0.5) is 0 Å². The Morgan fingerprint density at radius 1 is 1.54 bits per heavy atom. The zero-order chi connectivity index (χ0) is 9.84. The van der Waals surface area contributed by atoms with Gasteiger partial charge in [-0.25, -0.2) is 0 Å². The molecule has 0 unspecified atom stereocenters. The molecule has 0 N–H and O–H groups in total. The Hall–Kier alpha value is 0.1000. The number of Topliss-reactive ketones (excluding diaryl/α,β-unsaturated/α-hetero) is 1. The lowest BCUT2D eigenvalue weighted by Crippen LogP contribution is -2.04. The number of carbonyl (C=O) groups excluding carboxylic acids is 1. The zero-order valence-electron chi connectivity index (χ0n) is 7.31. The van der Waals surface area contributed by atoms with Crippen LogP contribution in [-0.2, 0) is 11.2 Å². The van der Waals surface area contributed by atoms with E-state index in [-0.39, 0.29) is 5.78 Å². The minimum absolute atomic E-state index is 0.226. The van der Waals surface area contributed by atoms with E-state index in [9.17, 15) is 4.79 Å². The van der Waals surface area contributed by atoms with Crippen LogP contribution in [-0.4, -0.2) is 11.1 Å². The summed E-state index contributed by atoms with van der Waals surface area (Å²) in [6.07, 6.45) is 0.536. The smallest absolute Gasteiger partial charge is 0.147 e. The normalized spacial score (nSPS) is 10.1. The Kier molecular flexibility index (Phi) is 4.38. The molecule has 0 aliphatic rings. The molecule has 1 nitrogen and oxygen atoms in total. The van der Waals surface area contributed by atoms with E-state index in [0.29, 0.717) is 11.8 Å². The molecule has 0 spiro atoms. The number of halogens is 2. The molecule has 1 aromatic carbocycles. The van der Waals surface area contributed by atoms with Crippen molar-refractivity contribution in [3.05, 3.63) is 32.9 Å². The molecule has 0 aliphatic heterocycles. The van der Waals surface area contributed by atoms with Crippen molar-refractivity contribution < 1.29 is 4.79 Å². The van der Waals surface area contributed by atoms with Gasteiger partial charge in [0.05, 0.1) is 5.33 Å². The molecule has 1 rings (SSSR count). The quantitative estimate of drug-likeness (QED) is 0.603. The van der Waals surface area contributed by atoms with Gasteiger partial charge in [0.1, 0.15) is 5.78 Å². The highest BCUT2D eigenvalue weighted by atomic mass is 127. The van der Waals surface area contributed by atoms with E-state index in [1.165, 1.54) is 9.13 Å². The molecule has 13 heavy (non-hydrogen) atoms. The summed E-state index contributed by atoms with van der Waals surface area (Å²) >= 11 is 5.43. The van der Waals surface area contributed by atoms with Crippen LogP contribution in [0.2, 0.25) is 0 Å². The van der Waals surface area contributed by atoms with Gasteiger partial charge in [0.2, 0.25) is 0 Å². The fourth-order valence-corrected chi connectivity index (χ4v) is 1.96. The molecule has 0 fully saturated rings. The molecule has 0 bridgehead atoms. The average Bonchev–Trinajstić information content (AvgIpc) is 2.09. The number of hydrogen-bond acceptors (Lipinski definition) is 1. The number of benzene rings is 1. The van der Waals surface area contributed by atoms with Crippen LogP contribution in [0.1, 0.15) is 11.1 Å². The fourth-order valence-electron chi connectivity index (χ4n) is 1.12. The van der Waals surface area contributed by atoms with E-state index in [4.69, 9.17) is 0 Å². The van der Waals surface area contributed by atoms with Crippen LogP contribution in [0.3, 0.4) is 0 Å². The summed E-state index contributed by atoms with van der Waals surface area (Å²) < 4.78 is 1.21. The number of alkyl halides is 1.